The number of hydrogen-bond acceptors (Lipinski definition) is 7. The Morgan fingerprint density at radius 2 is 1.58 bits per heavy atom. The van der Waals surface area contributed by atoms with Gasteiger partial charge in [-0.3, -0.25) is 9.59 Å². The molecule has 8 heteroatoms. The van der Waals surface area contributed by atoms with E-state index in [2.05, 4.69) is 10.3 Å². The van der Waals surface area contributed by atoms with Crippen LogP contribution in [0.5, 0.6) is 11.5 Å². The van der Waals surface area contributed by atoms with Crippen LogP contribution in [0, 0.1) is 0 Å². The fourth-order valence-corrected chi connectivity index (χ4v) is 3.81. The third kappa shape index (κ3) is 6.91. The molecule has 0 radical (unpaired) electrons. The van der Waals surface area contributed by atoms with Crippen LogP contribution in [-0.2, 0) is 20.7 Å². The van der Waals surface area contributed by atoms with Crippen LogP contribution in [0.4, 0.5) is 0 Å². The van der Waals surface area contributed by atoms with Gasteiger partial charge in [-0.15, -0.1) is 0 Å². The first kappa shape index (κ1) is 26.4. The van der Waals surface area contributed by atoms with E-state index in [1.807, 2.05) is 67.6 Å². The number of nitrogens with one attached hydrogen (secondary N) is 1. The molecule has 0 aliphatic carbocycles. The molecule has 3 atom stereocenters. The Hall–Kier alpha value is -4.20. The Bertz CT molecular complexity index is 1180. The van der Waals surface area contributed by atoms with Crippen molar-refractivity contribution in [2.75, 3.05) is 7.11 Å². The summed E-state index contributed by atoms with van der Waals surface area (Å²) in [6.45, 7) is 4.57. The highest BCUT2D eigenvalue weighted by molar-refractivity contribution is 5.98. The largest absolute Gasteiger partial charge is 0.493 e. The van der Waals surface area contributed by atoms with E-state index in [1.165, 1.54) is 33.2 Å². The summed E-state index contributed by atoms with van der Waals surface area (Å²) in [7, 11) is 1.38. The Morgan fingerprint density at radius 1 is 0.944 bits per heavy atom. The van der Waals surface area contributed by atoms with E-state index in [0.29, 0.717) is 6.42 Å². The Kier molecular flexibility index (Phi) is 9.16. The average Bonchev–Trinajstić information content (AvgIpc) is 2.88. The summed E-state index contributed by atoms with van der Waals surface area (Å²) in [4.78, 5) is 41.3. The lowest BCUT2D eigenvalue weighted by molar-refractivity contribution is -0.151. The van der Waals surface area contributed by atoms with Gasteiger partial charge < -0.3 is 19.5 Å². The van der Waals surface area contributed by atoms with E-state index in [0.717, 1.165) is 11.1 Å². The normalized spacial score (nSPS) is 13.1. The van der Waals surface area contributed by atoms with E-state index >= 15 is 0 Å². The third-order valence-electron chi connectivity index (χ3n) is 5.65. The van der Waals surface area contributed by atoms with Gasteiger partial charge in [0, 0.05) is 25.1 Å². The number of aromatic nitrogens is 1. The highest BCUT2D eigenvalue weighted by atomic mass is 16.6. The molecule has 0 unspecified atom stereocenters. The first-order valence-corrected chi connectivity index (χ1v) is 11.6. The van der Waals surface area contributed by atoms with E-state index in [4.69, 9.17) is 14.2 Å². The van der Waals surface area contributed by atoms with Gasteiger partial charge in [-0.05, 0) is 31.4 Å². The molecule has 0 bridgehead atoms. The van der Waals surface area contributed by atoms with Gasteiger partial charge in [0.15, 0.2) is 11.4 Å². The maximum Gasteiger partial charge on any atom is 0.328 e. The number of carbonyl (C=O) groups excluding carboxylic acids is 3. The highest BCUT2D eigenvalue weighted by Crippen LogP contribution is 2.30. The van der Waals surface area contributed by atoms with Gasteiger partial charge in [-0.1, -0.05) is 60.7 Å². The number of methoxy groups -OCH3 is 1. The van der Waals surface area contributed by atoms with Gasteiger partial charge >= 0.3 is 11.9 Å². The summed E-state index contributed by atoms with van der Waals surface area (Å²) in [5, 5.41) is 2.57. The average molecular weight is 491 g/mol. The topological polar surface area (TPSA) is 104 Å². The van der Waals surface area contributed by atoms with Crippen molar-refractivity contribution in [3.8, 4) is 11.5 Å². The number of esters is 2. The highest BCUT2D eigenvalue weighted by Gasteiger charge is 2.28. The Labute approximate surface area is 210 Å². The SMILES string of the molecule is COc1ccnc(C(=O)N[C@@H](C)C(=O)O[C@@H](C)[C@H](Cc2ccccc2)c2ccccc2)c1OC(C)=O. The second kappa shape index (κ2) is 12.5. The number of rotatable bonds is 10. The van der Waals surface area contributed by atoms with Gasteiger partial charge in [0.05, 0.1) is 7.11 Å². The maximum atomic E-state index is 12.9. The second-order valence-corrected chi connectivity index (χ2v) is 8.33. The van der Waals surface area contributed by atoms with E-state index in [-0.39, 0.29) is 23.1 Å². The number of amides is 1. The van der Waals surface area contributed by atoms with Crippen molar-refractivity contribution in [2.45, 2.75) is 45.3 Å². The van der Waals surface area contributed by atoms with Crippen molar-refractivity contribution >= 4 is 17.8 Å². The smallest absolute Gasteiger partial charge is 0.328 e. The molecule has 1 amide bonds. The quantitative estimate of drug-likeness (QED) is 0.427. The molecular formula is C28H30N2O6. The molecule has 3 aromatic rings. The van der Waals surface area contributed by atoms with Gasteiger partial charge in [0.25, 0.3) is 5.91 Å². The molecule has 3 rings (SSSR count). The lowest BCUT2D eigenvalue weighted by atomic mass is 9.88. The molecule has 0 spiro atoms. The summed E-state index contributed by atoms with van der Waals surface area (Å²) in [5.41, 5.74) is 1.99. The van der Waals surface area contributed by atoms with Gasteiger partial charge in [-0.2, -0.15) is 0 Å². The zero-order valence-corrected chi connectivity index (χ0v) is 20.8. The molecule has 1 aromatic heterocycles. The summed E-state index contributed by atoms with van der Waals surface area (Å²) in [5.74, 6) is -1.97. The van der Waals surface area contributed by atoms with E-state index in [1.54, 1.807) is 0 Å². The van der Waals surface area contributed by atoms with Crippen LogP contribution in [0.15, 0.2) is 72.9 Å². The van der Waals surface area contributed by atoms with Gasteiger partial charge in [0.1, 0.15) is 12.1 Å². The molecule has 1 N–H and O–H groups in total. The lowest BCUT2D eigenvalue weighted by Gasteiger charge is -2.26. The summed E-state index contributed by atoms with van der Waals surface area (Å²) in [6, 6.07) is 20.3. The standard InChI is InChI=1S/C28H30N2O6/c1-18(30-27(32)25-26(36-20(3)31)24(34-4)15-16-29-25)28(33)35-19(2)23(22-13-9-6-10-14-22)17-21-11-7-5-8-12-21/h5-16,18-19,23H,17H2,1-4H3,(H,30,32)/t18-,19-,23-/m0/s1. The molecule has 188 valence electrons. The summed E-state index contributed by atoms with van der Waals surface area (Å²) < 4.78 is 16.1. The van der Waals surface area contributed by atoms with Crippen molar-refractivity contribution in [1.82, 2.24) is 10.3 Å². The number of nitrogens with zero attached hydrogens (tertiary/aromatic N) is 1. The molecule has 36 heavy (non-hydrogen) atoms. The summed E-state index contributed by atoms with van der Waals surface area (Å²) >= 11 is 0. The van der Waals surface area contributed by atoms with Crippen LogP contribution >= 0.6 is 0 Å². The van der Waals surface area contributed by atoms with Crippen LogP contribution in [0.2, 0.25) is 0 Å². The zero-order chi connectivity index (χ0) is 26.1. The van der Waals surface area contributed by atoms with Crippen LogP contribution in [0.3, 0.4) is 0 Å². The monoisotopic (exact) mass is 490 g/mol. The predicted octanol–water partition coefficient (Wildman–Crippen LogP) is 4.09. The molecule has 8 nitrogen and oxygen atoms in total. The Balaban J connectivity index is 1.72. The molecule has 1 heterocycles. The number of carbonyl (C=O) groups is 3. The molecule has 0 aliphatic heterocycles. The molecule has 0 saturated carbocycles. The minimum atomic E-state index is -0.980. The van der Waals surface area contributed by atoms with Crippen molar-refractivity contribution in [2.24, 2.45) is 0 Å². The van der Waals surface area contributed by atoms with Crippen LogP contribution in [-0.4, -0.2) is 42.1 Å². The van der Waals surface area contributed by atoms with Crippen LogP contribution in [0.1, 0.15) is 48.3 Å². The predicted molar refractivity (Wildman–Crippen MR) is 134 cm³/mol. The Morgan fingerprint density at radius 3 is 2.19 bits per heavy atom. The maximum absolute atomic E-state index is 12.9. The van der Waals surface area contributed by atoms with Crippen LogP contribution < -0.4 is 14.8 Å². The van der Waals surface area contributed by atoms with Crippen molar-refractivity contribution in [3.05, 3.63) is 89.7 Å². The first-order valence-electron chi connectivity index (χ1n) is 11.6. The molecule has 0 saturated heterocycles. The van der Waals surface area contributed by atoms with Crippen molar-refractivity contribution in [3.63, 3.8) is 0 Å². The minimum Gasteiger partial charge on any atom is -0.493 e. The fourth-order valence-electron chi connectivity index (χ4n) is 3.81. The van der Waals surface area contributed by atoms with Gasteiger partial charge in [-0.25, -0.2) is 9.78 Å². The lowest BCUT2D eigenvalue weighted by Crippen LogP contribution is -2.41. The van der Waals surface area contributed by atoms with Crippen molar-refractivity contribution in [1.29, 1.82) is 0 Å². The number of benzene rings is 2. The first-order chi connectivity index (χ1) is 17.3. The van der Waals surface area contributed by atoms with Crippen LogP contribution in [0.25, 0.3) is 0 Å². The fraction of sp³-hybridized carbons (Fsp3) is 0.286. The zero-order valence-electron chi connectivity index (χ0n) is 20.8. The number of ether oxygens (including phenoxy) is 3. The number of hydrogen-bond donors (Lipinski definition) is 1. The summed E-state index contributed by atoms with van der Waals surface area (Å²) in [6.07, 6.45) is 1.56. The van der Waals surface area contributed by atoms with E-state index in [9.17, 15) is 14.4 Å². The molecule has 0 fully saturated rings. The van der Waals surface area contributed by atoms with E-state index < -0.39 is 30.0 Å². The third-order valence-corrected chi connectivity index (χ3v) is 5.65. The van der Waals surface area contributed by atoms with Gasteiger partial charge in [0.2, 0.25) is 5.75 Å². The molecule has 0 aliphatic rings. The molecular weight excluding hydrogens is 460 g/mol. The number of pyridine rings is 1. The second-order valence-electron chi connectivity index (χ2n) is 8.33. The van der Waals surface area contributed by atoms with Crippen molar-refractivity contribution < 1.29 is 28.6 Å². The minimum absolute atomic E-state index is 0.0870. The molecule has 2 aromatic carbocycles.